The topological polar surface area (TPSA) is 61.2 Å². The Morgan fingerprint density at radius 1 is 1.04 bits per heavy atom. The van der Waals surface area contributed by atoms with Crippen LogP contribution >= 0.6 is 0 Å². The van der Waals surface area contributed by atoms with Crippen molar-refractivity contribution in [3.63, 3.8) is 0 Å². The molecule has 0 aliphatic heterocycles. The van der Waals surface area contributed by atoms with E-state index in [0.29, 0.717) is 0 Å². The van der Waals surface area contributed by atoms with Crippen molar-refractivity contribution < 1.29 is 0 Å². The minimum Gasteiger partial charge on any atom is -0.372 e. The van der Waals surface area contributed by atoms with Crippen LogP contribution in [0.5, 0.6) is 0 Å². The number of anilines is 3. The average molecular weight is 374 g/mol. The van der Waals surface area contributed by atoms with Gasteiger partial charge in [-0.2, -0.15) is 5.10 Å². The molecular weight excluding hydrogens is 348 g/mol. The van der Waals surface area contributed by atoms with Crippen molar-refractivity contribution in [3.05, 3.63) is 61.2 Å². The second-order valence-electron chi connectivity index (χ2n) is 6.90. The van der Waals surface area contributed by atoms with E-state index in [1.54, 1.807) is 0 Å². The number of fused-ring (bicyclic) bond motifs is 1. The van der Waals surface area contributed by atoms with Gasteiger partial charge in [0, 0.05) is 48.6 Å². The number of aromatic nitrogens is 4. The lowest BCUT2D eigenvalue weighted by atomic mass is 10.2. The van der Waals surface area contributed by atoms with Crippen LogP contribution in [-0.2, 0) is 0 Å². The SMILES string of the molecule is CCCN(CCC)c1ccc(Nc2ccc(-c3cn[nH]c3)n3ccnc23)cc1. The van der Waals surface area contributed by atoms with Crippen LogP contribution < -0.4 is 10.2 Å². The molecule has 3 heterocycles. The molecule has 3 aromatic heterocycles. The van der Waals surface area contributed by atoms with Crippen LogP contribution in [0.25, 0.3) is 16.9 Å². The molecule has 0 aliphatic rings. The Kier molecular flexibility index (Phi) is 5.28. The fourth-order valence-corrected chi connectivity index (χ4v) is 3.56. The first kappa shape index (κ1) is 18.1. The number of nitrogens with zero attached hydrogens (tertiary/aromatic N) is 4. The molecule has 0 aliphatic carbocycles. The van der Waals surface area contributed by atoms with E-state index in [0.717, 1.165) is 54.2 Å². The maximum absolute atomic E-state index is 4.54. The third-order valence-electron chi connectivity index (χ3n) is 4.84. The maximum Gasteiger partial charge on any atom is 0.161 e. The fraction of sp³-hybridized carbons (Fsp3) is 0.273. The van der Waals surface area contributed by atoms with Gasteiger partial charge >= 0.3 is 0 Å². The molecular formula is C22H26N6. The minimum atomic E-state index is 0.890. The van der Waals surface area contributed by atoms with E-state index in [1.165, 1.54) is 5.69 Å². The molecule has 0 radical (unpaired) electrons. The molecule has 0 atom stereocenters. The zero-order valence-corrected chi connectivity index (χ0v) is 16.4. The minimum absolute atomic E-state index is 0.890. The molecule has 6 heteroatoms. The first-order valence-corrected chi connectivity index (χ1v) is 9.87. The second-order valence-corrected chi connectivity index (χ2v) is 6.90. The molecule has 6 nitrogen and oxygen atoms in total. The van der Waals surface area contributed by atoms with E-state index in [1.807, 2.05) is 24.8 Å². The highest BCUT2D eigenvalue weighted by Gasteiger charge is 2.10. The largest absolute Gasteiger partial charge is 0.372 e. The summed E-state index contributed by atoms with van der Waals surface area (Å²) >= 11 is 0. The van der Waals surface area contributed by atoms with Crippen LogP contribution in [0.15, 0.2) is 61.2 Å². The van der Waals surface area contributed by atoms with Gasteiger partial charge in [0.05, 0.1) is 17.6 Å². The number of hydrogen-bond acceptors (Lipinski definition) is 4. The number of pyridine rings is 1. The molecule has 0 spiro atoms. The third-order valence-corrected chi connectivity index (χ3v) is 4.84. The predicted octanol–water partition coefficient (Wildman–Crippen LogP) is 5.09. The summed E-state index contributed by atoms with van der Waals surface area (Å²) in [6, 6.07) is 12.8. The number of benzene rings is 1. The number of nitrogens with one attached hydrogen (secondary N) is 2. The van der Waals surface area contributed by atoms with Gasteiger partial charge in [0.25, 0.3) is 0 Å². The summed E-state index contributed by atoms with van der Waals surface area (Å²) in [5.41, 5.74) is 6.28. The number of H-pyrrole nitrogens is 1. The van der Waals surface area contributed by atoms with Crippen molar-refractivity contribution in [2.45, 2.75) is 26.7 Å². The van der Waals surface area contributed by atoms with Crippen molar-refractivity contribution in [2.75, 3.05) is 23.3 Å². The van der Waals surface area contributed by atoms with Gasteiger partial charge in [0.1, 0.15) is 0 Å². The lowest BCUT2D eigenvalue weighted by Gasteiger charge is -2.24. The number of hydrogen-bond donors (Lipinski definition) is 2. The summed E-state index contributed by atoms with van der Waals surface area (Å²) in [6.07, 6.45) is 9.81. The van der Waals surface area contributed by atoms with Crippen LogP contribution in [0, 0.1) is 0 Å². The number of aromatic amines is 1. The van der Waals surface area contributed by atoms with Gasteiger partial charge < -0.3 is 10.2 Å². The Hall–Kier alpha value is -3.28. The van der Waals surface area contributed by atoms with Crippen molar-refractivity contribution in [1.82, 2.24) is 19.6 Å². The van der Waals surface area contributed by atoms with E-state index in [4.69, 9.17) is 0 Å². The molecule has 0 unspecified atom stereocenters. The zero-order valence-electron chi connectivity index (χ0n) is 16.4. The lowest BCUT2D eigenvalue weighted by Crippen LogP contribution is -2.24. The van der Waals surface area contributed by atoms with Crippen LogP contribution in [0.2, 0.25) is 0 Å². The van der Waals surface area contributed by atoms with E-state index in [9.17, 15) is 0 Å². The molecule has 0 fully saturated rings. The summed E-state index contributed by atoms with van der Waals surface area (Å²) in [7, 11) is 0. The van der Waals surface area contributed by atoms with Crippen molar-refractivity contribution in [3.8, 4) is 11.3 Å². The molecule has 144 valence electrons. The first-order valence-electron chi connectivity index (χ1n) is 9.87. The molecule has 1 aromatic carbocycles. The summed E-state index contributed by atoms with van der Waals surface area (Å²) in [6.45, 7) is 6.62. The van der Waals surface area contributed by atoms with Crippen molar-refractivity contribution >= 4 is 22.7 Å². The third kappa shape index (κ3) is 3.58. The standard InChI is InChI=1S/C22H26N6/c1-3-12-27(13-4-2)19-7-5-18(6-8-19)26-20-9-10-21(17-15-24-25-16-17)28-14-11-23-22(20)28/h5-11,14-16,26H,3-4,12-13H2,1-2H3,(H,24,25). The highest BCUT2D eigenvalue weighted by molar-refractivity contribution is 5.78. The Morgan fingerprint density at radius 3 is 2.50 bits per heavy atom. The summed E-state index contributed by atoms with van der Waals surface area (Å²) in [5.74, 6) is 0. The van der Waals surface area contributed by atoms with Gasteiger partial charge in [-0.05, 0) is 49.2 Å². The second kappa shape index (κ2) is 8.17. The summed E-state index contributed by atoms with van der Waals surface area (Å²) < 4.78 is 2.08. The van der Waals surface area contributed by atoms with E-state index in [2.05, 4.69) is 80.0 Å². The molecule has 4 rings (SSSR count). The quantitative estimate of drug-likeness (QED) is 0.451. The summed E-state index contributed by atoms with van der Waals surface area (Å²) in [5, 5.41) is 10.4. The monoisotopic (exact) mass is 374 g/mol. The Bertz CT molecular complexity index is 1010. The Labute approximate surface area is 165 Å². The van der Waals surface area contributed by atoms with Gasteiger partial charge in [-0.3, -0.25) is 9.50 Å². The number of rotatable bonds is 8. The van der Waals surface area contributed by atoms with Crippen LogP contribution in [0.1, 0.15) is 26.7 Å². The van der Waals surface area contributed by atoms with Crippen LogP contribution in [0.3, 0.4) is 0 Å². The molecule has 4 aromatic rings. The van der Waals surface area contributed by atoms with E-state index in [-0.39, 0.29) is 0 Å². The first-order chi connectivity index (χ1) is 13.8. The molecule has 0 saturated carbocycles. The predicted molar refractivity (Wildman–Crippen MR) is 115 cm³/mol. The van der Waals surface area contributed by atoms with Crippen LogP contribution in [-0.4, -0.2) is 32.7 Å². The molecule has 0 bridgehead atoms. The fourth-order valence-electron chi connectivity index (χ4n) is 3.56. The van der Waals surface area contributed by atoms with E-state index < -0.39 is 0 Å². The molecule has 2 N–H and O–H groups in total. The highest BCUT2D eigenvalue weighted by Crippen LogP contribution is 2.28. The Balaban J connectivity index is 1.59. The normalized spacial score (nSPS) is 11.1. The van der Waals surface area contributed by atoms with Crippen molar-refractivity contribution in [2.24, 2.45) is 0 Å². The Morgan fingerprint density at radius 2 is 1.82 bits per heavy atom. The van der Waals surface area contributed by atoms with Gasteiger partial charge in [0.15, 0.2) is 5.65 Å². The van der Waals surface area contributed by atoms with Gasteiger partial charge in [-0.1, -0.05) is 13.8 Å². The van der Waals surface area contributed by atoms with E-state index >= 15 is 0 Å². The molecule has 0 saturated heterocycles. The van der Waals surface area contributed by atoms with Crippen molar-refractivity contribution in [1.29, 1.82) is 0 Å². The van der Waals surface area contributed by atoms with Gasteiger partial charge in [-0.25, -0.2) is 4.98 Å². The molecule has 0 amide bonds. The zero-order chi connectivity index (χ0) is 19.3. The highest BCUT2D eigenvalue weighted by atomic mass is 15.1. The number of imidazole rings is 1. The van der Waals surface area contributed by atoms with Gasteiger partial charge in [-0.15, -0.1) is 0 Å². The van der Waals surface area contributed by atoms with Crippen LogP contribution in [0.4, 0.5) is 17.1 Å². The smallest absolute Gasteiger partial charge is 0.161 e. The lowest BCUT2D eigenvalue weighted by molar-refractivity contribution is 0.745. The van der Waals surface area contributed by atoms with Gasteiger partial charge in [0.2, 0.25) is 0 Å². The average Bonchev–Trinajstić information content (AvgIpc) is 3.41. The summed E-state index contributed by atoms with van der Waals surface area (Å²) in [4.78, 5) is 6.98. The molecule has 28 heavy (non-hydrogen) atoms. The maximum atomic E-state index is 4.54.